The summed E-state index contributed by atoms with van der Waals surface area (Å²) in [5.74, 6) is -1.41. The summed E-state index contributed by atoms with van der Waals surface area (Å²) in [7, 11) is -3.86. The van der Waals surface area contributed by atoms with E-state index in [9.17, 15) is 18.0 Å². The van der Waals surface area contributed by atoms with Crippen molar-refractivity contribution in [1.29, 1.82) is 0 Å². The predicted molar refractivity (Wildman–Crippen MR) is 69.9 cm³/mol. The van der Waals surface area contributed by atoms with Crippen LogP contribution in [-0.4, -0.2) is 38.0 Å². The molecule has 0 spiro atoms. The summed E-state index contributed by atoms with van der Waals surface area (Å²) in [5, 5.41) is 11.4. The topological polar surface area (TPSA) is 113 Å². The summed E-state index contributed by atoms with van der Waals surface area (Å²) in [4.78, 5) is 21.9. The number of carboxylic acid groups (broad SMARTS) is 1. The molecule has 1 aromatic rings. The van der Waals surface area contributed by atoms with Crippen molar-refractivity contribution in [2.45, 2.75) is 24.3 Å². The largest absolute Gasteiger partial charge is 0.478 e. The van der Waals surface area contributed by atoms with Crippen LogP contribution < -0.4 is 10.0 Å². The molecule has 1 aromatic carbocycles. The quantitative estimate of drug-likeness (QED) is 0.716. The summed E-state index contributed by atoms with van der Waals surface area (Å²) < 4.78 is 26.9. The molecule has 1 unspecified atom stereocenters. The Hall–Kier alpha value is -1.93. The molecule has 8 heteroatoms. The number of rotatable bonds is 4. The minimum Gasteiger partial charge on any atom is -0.478 e. The van der Waals surface area contributed by atoms with Gasteiger partial charge in [0.05, 0.1) is 10.5 Å². The van der Waals surface area contributed by atoms with E-state index >= 15 is 0 Å². The lowest BCUT2D eigenvalue weighted by atomic mass is 10.1. The maximum absolute atomic E-state index is 12.2. The number of aryl methyl sites for hydroxylation is 1. The van der Waals surface area contributed by atoms with Crippen molar-refractivity contribution in [2.75, 3.05) is 6.54 Å². The van der Waals surface area contributed by atoms with Gasteiger partial charge in [-0.25, -0.2) is 17.9 Å². The van der Waals surface area contributed by atoms with Crippen LogP contribution in [0.4, 0.5) is 0 Å². The molecule has 7 nitrogen and oxygen atoms in total. The fraction of sp³-hybridized carbons (Fsp3) is 0.333. The van der Waals surface area contributed by atoms with E-state index in [0.717, 1.165) is 6.07 Å². The van der Waals surface area contributed by atoms with Crippen molar-refractivity contribution in [3.05, 3.63) is 29.3 Å². The van der Waals surface area contributed by atoms with Gasteiger partial charge in [0.1, 0.15) is 0 Å². The number of hydrogen-bond donors (Lipinski definition) is 3. The number of nitrogens with one attached hydrogen (secondary N) is 2. The van der Waals surface area contributed by atoms with Gasteiger partial charge in [0.25, 0.3) is 0 Å². The molecule has 3 N–H and O–H groups in total. The SMILES string of the molecule is Cc1ccc(C(=O)O)cc1S(=O)(=O)NC1CNC(=O)C1. The fourth-order valence-corrected chi connectivity index (χ4v) is 3.50. The third-order valence-electron chi connectivity index (χ3n) is 3.02. The first-order valence-electron chi connectivity index (χ1n) is 5.92. The van der Waals surface area contributed by atoms with E-state index < -0.39 is 22.0 Å². The van der Waals surface area contributed by atoms with Gasteiger partial charge in [0.2, 0.25) is 15.9 Å². The van der Waals surface area contributed by atoms with Gasteiger partial charge in [-0.05, 0) is 24.6 Å². The molecule has 2 rings (SSSR count). The van der Waals surface area contributed by atoms with Crippen LogP contribution in [0.2, 0.25) is 0 Å². The second kappa shape index (κ2) is 5.22. The highest BCUT2D eigenvalue weighted by Crippen LogP contribution is 2.18. The molecule has 1 saturated heterocycles. The molecule has 1 aliphatic rings. The van der Waals surface area contributed by atoms with Crippen molar-refractivity contribution in [3.8, 4) is 0 Å². The smallest absolute Gasteiger partial charge is 0.335 e. The highest BCUT2D eigenvalue weighted by molar-refractivity contribution is 7.89. The van der Waals surface area contributed by atoms with Crippen molar-refractivity contribution >= 4 is 21.9 Å². The Morgan fingerprint density at radius 3 is 2.70 bits per heavy atom. The zero-order chi connectivity index (χ0) is 14.9. The Morgan fingerprint density at radius 2 is 2.15 bits per heavy atom. The van der Waals surface area contributed by atoms with E-state index in [0.29, 0.717) is 5.56 Å². The Balaban J connectivity index is 2.31. The molecule has 0 aliphatic carbocycles. The first kappa shape index (κ1) is 14.5. The lowest BCUT2D eigenvalue weighted by Gasteiger charge is -2.13. The van der Waals surface area contributed by atoms with E-state index in [2.05, 4.69) is 10.0 Å². The zero-order valence-electron chi connectivity index (χ0n) is 10.7. The average molecular weight is 298 g/mol. The van der Waals surface area contributed by atoms with Crippen molar-refractivity contribution in [2.24, 2.45) is 0 Å². The molecule has 1 aliphatic heterocycles. The lowest BCUT2D eigenvalue weighted by Crippen LogP contribution is -2.36. The first-order chi connectivity index (χ1) is 9.29. The summed E-state index contributed by atoms with van der Waals surface area (Å²) >= 11 is 0. The number of benzene rings is 1. The molecule has 108 valence electrons. The lowest BCUT2D eigenvalue weighted by molar-refractivity contribution is -0.119. The van der Waals surface area contributed by atoms with Gasteiger partial charge in [-0.2, -0.15) is 0 Å². The van der Waals surface area contributed by atoms with Gasteiger partial charge in [0, 0.05) is 19.0 Å². The first-order valence-corrected chi connectivity index (χ1v) is 7.41. The standard InChI is InChI=1S/C12H14N2O5S/c1-7-2-3-8(12(16)17)4-10(7)20(18,19)14-9-5-11(15)13-6-9/h2-4,9,14H,5-6H2,1H3,(H,13,15)(H,16,17). The molecule has 20 heavy (non-hydrogen) atoms. The Bertz CT molecular complexity index is 668. The third-order valence-corrected chi connectivity index (χ3v) is 4.69. The zero-order valence-corrected chi connectivity index (χ0v) is 11.5. The second-order valence-corrected chi connectivity index (χ2v) is 6.29. The Morgan fingerprint density at radius 1 is 1.45 bits per heavy atom. The van der Waals surface area contributed by atoms with E-state index in [1.165, 1.54) is 12.1 Å². The van der Waals surface area contributed by atoms with Crippen LogP contribution in [0.5, 0.6) is 0 Å². The van der Waals surface area contributed by atoms with Crippen LogP contribution in [0.25, 0.3) is 0 Å². The van der Waals surface area contributed by atoms with E-state index in [4.69, 9.17) is 5.11 Å². The number of carbonyl (C=O) groups excluding carboxylic acids is 1. The Labute approximate surface area is 116 Å². The van der Waals surface area contributed by atoms with Crippen LogP contribution in [0.3, 0.4) is 0 Å². The number of sulfonamides is 1. The molecule has 1 heterocycles. The second-order valence-electron chi connectivity index (χ2n) is 4.61. The molecule has 1 atom stereocenters. The minimum atomic E-state index is -3.86. The molecular weight excluding hydrogens is 284 g/mol. The molecule has 1 amide bonds. The number of carboxylic acids is 1. The molecule has 0 bridgehead atoms. The summed E-state index contributed by atoms with van der Waals surface area (Å²) in [6, 6.07) is 3.39. The number of hydrogen-bond acceptors (Lipinski definition) is 4. The summed E-state index contributed by atoms with van der Waals surface area (Å²) in [5.41, 5.74) is 0.344. The maximum Gasteiger partial charge on any atom is 0.335 e. The number of aromatic carboxylic acids is 1. The fourth-order valence-electron chi connectivity index (χ4n) is 1.99. The van der Waals surface area contributed by atoms with Crippen molar-refractivity contribution in [3.63, 3.8) is 0 Å². The van der Waals surface area contributed by atoms with Crippen LogP contribution in [0.15, 0.2) is 23.1 Å². The minimum absolute atomic E-state index is 0.0803. The normalized spacial score (nSPS) is 18.9. The molecule has 1 fully saturated rings. The van der Waals surface area contributed by atoms with E-state index in [1.54, 1.807) is 6.92 Å². The van der Waals surface area contributed by atoms with Gasteiger partial charge >= 0.3 is 5.97 Å². The average Bonchev–Trinajstić information content (AvgIpc) is 2.73. The van der Waals surface area contributed by atoms with E-state index in [1.807, 2.05) is 0 Å². The number of carbonyl (C=O) groups is 2. The summed E-state index contributed by atoms with van der Waals surface area (Å²) in [6.45, 7) is 1.81. The predicted octanol–water partition coefficient (Wildman–Crippen LogP) is -0.140. The highest BCUT2D eigenvalue weighted by atomic mass is 32.2. The van der Waals surface area contributed by atoms with Gasteiger partial charge in [-0.15, -0.1) is 0 Å². The van der Waals surface area contributed by atoms with Crippen LogP contribution in [0.1, 0.15) is 22.3 Å². The number of amides is 1. The van der Waals surface area contributed by atoms with Gasteiger partial charge in [-0.1, -0.05) is 6.07 Å². The van der Waals surface area contributed by atoms with Crippen LogP contribution >= 0.6 is 0 Å². The van der Waals surface area contributed by atoms with Crippen molar-refractivity contribution < 1.29 is 23.1 Å². The monoisotopic (exact) mass is 298 g/mol. The third kappa shape index (κ3) is 2.97. The van der Waals surface area contributed by atoms with Crippen LogP contribution in [0, 0.1) is 6.92 Å². The van der Waals surface area contributed by atoms with Gasteiger partial charge < -0.3 is 10.4 Å². The van der Waals surface area contributed by atoms with E-state index in [-0.39, 0.29) is 29.3 Å². The van der Waals surface area contributed by atoms with Gasteiger partial charge in [-0.3, -0.25) is 4.79 Å². The van der Waals surface area contributed by atoms with Crippen molar-refractivity contribution in [1.82, 2.24) is 10.0 Å². The molecular formula is C12H14N2O5S. The van der Waals surface area contributed by atoms with Crippen LogP contribution in [-0.2, 0) is 14.8 Å². The molecule has 0 saturated carbocycles. The maximum atomic E-state index is 12.2. The highest BCUT2D eigenvalue weighted by Gasteiger charge is 2.28. The van der Waals surface area contributed by atoms with Gasteiger partial charge in [0.15, 0.2) is 0 Å². The summed E-state index contributed by atoms with van der Waals surface area (Å²) in [6.07, 6.45) is 0.0803. The molecule has 0 aromatic heterocycles. The Kier molecular flexibility index (Phi) is 3.78. The molecule has 0 radical (unpaired) electrons.